The van der Waals surface area contributed by atoms with Crippen LogP contribution in [0, 0.1) is 5.41 Å². The predicted molar refractivity (Wildman–Crippen MR) is 188 cm³/mol. The second-order valence-corrected chi connectivity index (χ2v) is 13.5. The molecular weight excluding hydrogens is 528 g/mol. The fraction of sp³-hybridized carbons (Fsp3) is 0.500. The Kier molecular flexibility index (Phi) is 16.8. The van der Waals surface area contributed by atoms with Crippen LogP contribution >= 0.6 is 0 Å². The van der Waals surface area contributed by atoms with Gasteiger partial charge in [-0.05, 0) is 99.3 Å². The zero-order valence-electron chi connectivity index (χ0n) is 28.7. The summed E-state index contributed by atoms with van der Waals surface area (Å²) in [6.07, 6.45) is 31.7. The van der Waals surface area contributed by atoms with Crippen LogP contribution in [-0.4, -0.2) is 33.1 Å². The third-order valence-corrected chi connectivity index (χ3v) is 7.93. The standard InChI is InChI=1S/C40H60O3/c1-30(18-13-20-32(3)21-15-23-34(5)25-27-38(42)40(9,10)43)16-11-12-17-31(2)19-14-22-33(4)24-26-37-35(6)28-36(41)29-39(37,7)8/h13-23,25,27,36,38,41-43H,11-12,24,26,28-29H2,1-10H3/b18-13+,19-14+,21-15+,27-25+,30-16+,31-17+,32-20+,33-22+,34-23+/t36-,38+/m1/s1. The van der Waals surface area contributed by atoms with Crippen LogP contribution in [0.5, 0.6) is 0 Å². The van der Waals surface area contributed by atoms with E-state index in [1.165, 1.54) is 27.9 Å². The highest BCUT2D eigenvalue weighted by atomic mass is 16.3. The van der Waals surface area contributed by atoms with E-state index >= 15 is 0 Å². The number of aliphatic hydroxyl groups excluding tert-OH is 2. The molecule has 3 N–H and O–H groups in total. The molecule has 0 aromatic carbocycles. The highest BCUT2D eigenvalue weighted by Gasteiger charge is 2.32. The number of rotatable bonds is 15. The van der Waals surface area contributed by atoms with E-state index in [1.807, 2.05) is 31.2 Å². The molecule has 0 unspecified atom stereocenters. The average molecular weight is 589 g/mol. The summed E-state index contributed by atoms with van der Waals surface area (Å²) >= 11 is 0. The summed E-state index contributed by atoms with van der Waals surface area (Å²) in [5.41, 5.74) is 7.92. The van der Waals surface area contributed by atoms with Gasteiger partial charge in [0.25, 0.3) is 0 Å². The highest BCUT2D eigenvalue weighted by molar-refractivity contribution is 5.31. The number of hydrogen-bond donors (Lipinski definition) is 3. The molecule has 0 aromatic rings. The quantitative estimate of drug-likeness (QED) is 0.101. The SMILES string of the molecule is CC1=C(CC/C(C)=C/C=C/C(C)=C/CC/C=C(C)/C=C/C=C(C)/C=C/C=C(C)/C=C/[C@H](O)C(C)(C)O)C(C)(C)C[C@H](O)C1. The molecule has 0 saturated carbocycles. The number of hydrogen-bond acceptors (Lipinski definition) is 3. The molecule has 3 nitrogen and oxygen atoms in total. The Labute approximate surface area is 263 Å². The highest BCUT2D eigenvalue weighted by Crippen LogP contribution is 2.42. The van der Waals surface area contributed by atoms with Gasteiger partial charge in [0.1, 0.15) is 6.10 Å². The van der Waals surface area contributed by atoms with Crippen molar-refractivity contribution in [2.24, 2.45) is 5.41 Å². The summed E-state index contributed by atoms with van der Waals surface area (Å²) < 4.78 is 0. The van der Waals surface area contributed by atoms with E-state index in [0.29, 0.717) is 0 Å². The van der Waals surface area contributed by atoms with Crippen molar-refractivity contribution in [1.29, 1.82) is 0 Å². The molecule has 0 spiro atoms. The lowest BCUT2D eigenvalue weighted by Gasteiger charge is -2.37. The van der Waals surface area contributed by atoms with Crippen molar-refractivity contribution in [3.05, 3.63) is 118 Å². The molecule has 0 aromatic heterocycles. The fourth-order valence-electron chi connectivity index (χ4n) is 5.21. The van der Waals surface area contributed by atoms with Gasteiger partial charge in [0, 0.05) is 0 Å². The molecular formula is C40H60O3. The van der Waals surface area contributed by atoms with Crippen LogP contribution in [0.4, 0.5) is 0 Å². The largest absolute Gasteiger partial charge is 0.393 e. The van der Waals surface area contributed by atoms with E-state index in [-0.39, 0.29) is 11.5 Å². The van der Waals surface area contributed by atoms with Gasteiger partial charge in [0.15, 0.2) is 0 Å². The smallest absolute Gasteiger partial charge is 0.101 e. The maximum absolute atomic E-state index is 10.1. The van der Waals surface area contributed by atoms with Crippen molar-refractivity contribution < 1.29 is 15.3 Å². The average Bonchev–Trinajstić information content (AvgIpc) is 2.88. The molecule has 0 bridgehead atoms. The minimum absolute atomic E-state index is 0.0922. The van der Waals surface area contributed by atoms with Crippen LogP contribution in [0.15, 0.2) is 118 Å². The first-order chi connectivity index (χ1) is 20.0. The molecule has 0 radical (unpaired) electrons. The summed E-state index contributed by atoms with van der Waals surface area (Å²) in [5, 5.41) is 29.8. The Balaban J connectivity index is 2.50. The summed E-state index contributed by atoms with van der Waals surface area (Å²) in [5.74, 6) is 0. The van der Waals surface area contributed by atoms with E-state index in [1.54, 1.807) is 19.9 Å². The first-order valence-corrected chi connectivity index (χ1v) is 15.8. The Bertz CT molecular complexity index is 1200. The lowest BCUT2D eigenvalue weighted by Crippen LogP contribution is -2.34. The molecule has 0 aliphatic heterocycles. The molecule has 1 aliphatic rings. The second-order valence-electron chi connectivity index (χ2n) is 13.5. The van der Waals surface area contributed by atoms with Gasteiger partial charge in [-0.2, -0.15) is 0 Å². The molecule has 238 valence electrons. The number of unbranched alkanes of at least 4 members (excludes halogenated alkanes) is 1. The molecule has 1 aliphatic carbocycles. The normalized spacial score (nSPS) is 21.0. The van der Waals surface area contributed by atoms with E-state index in [4.69, 9.17) is 0 Å². The Hall–Kier alpha value is -2.72. The fourth-order valence-corrected chi connectivity index (χ4v) is 5.21. The summed E-state index contributed by atoms with van der Waals surface area (Å²) in [4.78, 5) is 0. The Morgan fingerprint density at radius 2 is 1.33 bits per heavy atom. The van der Waals surface area contributed by atoms with E-state index in [0.717, 1.165) is 49.7 Å². The van der Waals surface area contributed by atoms with Crippen LogP contribution in [0.3, 0.4) is 0 Å². The van der Waals surface area contributed by atoms with Gasteiger partial charge >= 0.3 is 0 Å². The van der Waals surface area contributed by atoms with E-state index < -0.39 is 11.7 Å². The van der Waals surface area contributed by atoms with E-state index in [9.17, 15) is 15.3 Å². The van der Waals surface area contributed by atoms with Gasteiger partial charge in [-0.3, -0.25) is 0 Å². The lowest BCUT2D eigenvalue weighted by atomic mass is 9.70. The van der Waals surface area contributed by atoms with Crippen molar-refractivity contribution in [2.75, 3.05) is 0 Å². The number of aliphatic hydroxyl groups is 3. The first-order valence-electron chi connectivity index (χ1n) is 15.8. The summed E-state index contributed by atoms with van der Waals surface area (Å²) in [6.45, 7) is 20.4. The van der Waals surface area contributed by atoms with Crippen molar-refractivity contribution >= 4 is 0 Å². The Morgan fingerprint density at radius 3 is 1.84 bits per heavy atom. The molecule has 2 atom stereocenters. The molecule has 0 heterocycles. The van der Waals surface area contributed by atoms with Crippen LogP contribution in [0.25, 0.3) is 0 Å². The zero-order valence-corrected chi connectivity index (χ0v) is 28.7. The van der Waals surface area contributed by atoms with Gasteiger partial charge in [0.2, 0.25) is 0 Å². The topological polar surface area (TPSA) is 60.7 Å². The molecule has 43 heavy (non-hydrogen) atoms. The minimum Gasteiger partial charge on any atom is -0.393 e. The van der Waals surface area contributed by atoms with Crippen LogP contribution in [0.2, 0.25) is 0 Å². The minimum atomic E-state index is -1.15. The molecule has 1 rings (SSSR count). The second kappa shape index (κ2) is 18.8. The first kappa shape index (κ1) is 38.3. The van der Waals surface area contributed by atoms with Crippen molar-refractivity contribution in [3.63, 3.8) is 0 Å². The van der Waals surface area contributed by atoms with Gasteiger partial charge in [-0.15, -0.1) is 0 Å². The molecule has 3 heteroatoms. The van der Waals surface area contributed by atoms with Crippen LogP contribution in [-0.2, 0) is 0 Å². The van der Waals surface area contributed by atoms with Crippen molar-refractivity contribution in [2.45, 2.75) is 126 Å². The molecule has 0 amide bonds. The zero-order chi connectivity index (χ0) is 32.6. The van der Waals surface area contributed by atoms with E-state index in [2.05, 4.69) is 97.1 Å². The summed E-state index contributed by atoms with van der Waals surface area (Å²) in [6, 6.07) is 0. The third kappa shape index (κ3) is 16.6. The summed E-state index contributed by atoms with van der Waals surface area (Å²) in [7, 11) is 0. The van der Waals surface area contributed by atoms with Gasteiger partial charge in [-0.25, -0.2) is 0 Å². The Morgan fingerprint density at radius 1 is 0.837 bits per heavy atom. The molecule has 0 saturated heterocycles. The molecule has 0 fully saturated rings. The maximum atomic E-state index is 10.1. The van der Waals surface area contributed by atoms with Crippen LogP contribution < -0.4 is 0 Å². The lowest BCUT2D eigenvalue weighted by molar-refractivity contribution is -0.0226. The monoisotopic (exact) mass is 588 g/mol. The van der Waals surface area contributed by atoms with Crippen molar-refractivity contribution in [3.8, 4) is 0 Å². The third-order valence-electron chi connectivity index (χ3n) is 7.93. The van der Waals surface area contributed by atoms with Crippen molar-refractivity contribution in [1.82, 2.24) is 0 Å². The number of allylic oxidation sites excluding steroid dienone is 18. The van der Waals surface area contributed by atoms with Gasteiger partial charge in [-0.1, -0.05) is 132 Å². The van der Waals surface area contributed by atoms with Crippen LogP contribution in [0.1, 0.15) is 108 Å². The van der Waals surface area contributed by atoms with Gasteiger partial charge < -0.3 is 15.3 Å². The van der Waals surface area contributed by atoms with Gasteiger partial charge in [0.05, 0.1) is 11.7 Å². The predicted octanol–water partition coefficient (Wildman–Crippen LogP) is 10.1. The maximum Gasteiger partial charge on any atom is 0.101 e.